The van der Waals surface area contributed by atoms with Gasteiger partial charge in [0.25, 0.3) is 0 Å². The number of nitrogens with one attached hydrogen (secondary N) is 2. The van der Waals surface area contributed by atoms with Crippen molar-refractivity contribution in [1.82, 2.24) is 24.8 Å². The van der Waals surface area contributed by atoms with Crippen LogP contribution in [0.1, 0.15) is 11.1 Å². The highest BCUT2D eigenvalue weighted by atomic mass is 15.3. The number of fused-ring (bicyclic) bond motifs is 1. The topological polar surface area (TPSA) is 76.2 Å². The zero-order chi connectivity index (χ0) is 25.7. The molecule has 0 bridgehead atoms. The maximum Gasteiger partial charge on any atom is 0.231 e. The van der Waals surface area contributed by atoms with Gasteiger partial charge in [0.15, 0.2) is 11.5 Å². The van der Waals surface area contributed by atoms with E-state index in [4.69, 9.17) is 9.97 Å². The normalized spacial score (nSPS) is 14.1. The maximum atomic E-state index is 5.03. The molecule has 0 radical (unpaired) electrons. The van der Waals surface area contributed by atoms with Gasteiger partial charge in [0.2, 0.25) is 5.95 Å². The van der Waals surface area contributed by atoms with E-state index in [9.17, 15) is 0 Å². The molecule has 1 aliphatic heterocycles. The molecule has 2 N–H and O–H groups in total. The summed E-state index contributed by atoms with van der Waals surface area (Å²) in [6.07, 6.45) is 1.68. The molecule has 1 fully saturated rings. The molecule has 0 atom stereocenters. The molecule has 38 heavy (non-hydrogen) atoms. The molecule has 5 aromatic rings. The van der Waals surface area contributed by atoms with Gasteiger partial charge in [0, 0.05) is 50.6 Å². The number of likely N-dealkylation sites (N-methyl/N-ethyl adjacent to an activating group) is 1. The van der Waals surface area contributed by atoms with Crippen LogP contribution in [0.4, 0.5) is 23.1 Å². The van der Waals surface area contributed by atoms with Gasteiger partial charge in [-0.1, -0.05) is 66.7 Å². The number of hydrogen-bond acceptors (Lipinski definition) is 7. The van der Waals surface area contributed by atoms with Gasteiger partial charge < -0.3 is 25.0 Å². The first-order valence-corrected chi connectivity index (χ1v) is 13.1. The lowest BCUT2D eigenvalue weighted by Crippen LogP contribution is -2.44. The molecule has 2 aromatic heterocycles. The second-order valence-corrected chi connectivity index (χ2v) is 9.76. The third kappa shape index (κ3) is 5.45. The Bertz CT molecular complexity index is 1430. The second kappa shape index (κ2) is 10.9. The van der Waals surface area contributed by atoms with Crippen LogP contribution < -0.4 is 15.1 Å². The van der Waals surface area contributed by atoms with Gasteiger partial charge in [-0.3, -0.25) is 0 Å². The highest BCUT2D eigenvalue weighted by molar-refractivity contribution is 5.85. The molecule has 0 saturated carbocycles. The summed E-state index contributed by atoms with van der Waals surface area (Å²) in [5.74, 6) is 1.35. The van der Waals surface area contributed by atoms with Crippen molar-refractivity contribution >= 4 is 34.3 Å². The number of aromatic nitrogens is 4. The minimum atomic E-state index is 0.529. The van der Waals surface area contributed by atoms with E-state index in [-0.39, 0.29) is 0 Å². The Morgan fingerprint density at radius 1 is 0.816 bits per heavy atom. The summed E-state index contributed by atoms with van der Waals surface area (Å²) in [6, 6.07) is 29.4. The minimum Gasteiger partial charge on any atom is -0.369 e. The van der Waals surface area contributed by atoms with Crippen LogP contribution in [0.15, 0.2) is 91.3 Å². The van der Waals surface area contributed by atoms with E-state index in [1.807, 2.05) is 12.1 Å². The number of anilines is 4. The zero-order valence-corrected chi connectivity index (χ0v) is 21.6. The molecule has 8 nitrogen and oxygen atoms in total. The van der Waals surface area contributed by atoms with Crippen LogP contribution in [-0.2, 0) is 13.1 Å². The molecule has 192 valence electrons. The number of H-pyrrole nitrogens is 1. The van der Waals surface area contributed by atoms with Crippen LogP contribution in [0, 0.1) is 0 Å². The van der Waals surface area contributed by atoms with Crippen LogP contribution in [0.2, 0.25) is 0 Å². The van der Waals surface area contributed by atoms with Crippen LogP contribution >= 0.6 is 0 Å². The van der Waals surface area contributed by atoms with Crippen LogP contribution in [0.5, 0.6) is 0 Å². The van der Waals surface area contributed by atoms with Crippen molar-refractivity contribution in [3.8, 4) is 0 Å². The SMILES string of the molecule is CN1CCN(c2cccc(Nc3nc(N(Cc4ccccc4)Cc4ccccc4)c4[nH]cnc4n3)c2)CC1. The fraction of sp³-hybridized carbons (Fsp3) is 0.233. The minimum absolute atomic E-state index is 0.529. The van der Waals surface area contributed by atoms with Crippen molar-refractivity contribution < 1.29 is 0 Å². The van der Waals surface area contributed by atoms with Gasteiger partial charge in [0.1, 0.15) is 5.52 Å². The summed E-state index contributed by atoms with van der Waals surface area (Å²) in [6.45, 7) is 5.59. The molecule has 0 unspecified atom stereocenters. The Morgan fingerprint density at radius 3 is 2.18 bits per heavy atom. The maximum absolute atomic E-state index is 5.03. The van der Waals surface area contributed by atoms with Crippen LogP contribution in [0.3, 0.4) is 0 Å². The summed E-state index contributed by atoms with van der Waals surface area (Å²) < 4.78 is 0. The van der Waals surface area contributed by atoms with Crippen molar-refractivity contribution in [1.29, 1.82) is 0 Å². The van der Waals surface area contributed by atoms with E-state index >= 15 is 0 Å². The van der Waals surface area contributed by atoms with Gasteiger partial charge in [0.05, 0.1) is 6.33 Å². The van der Waals surface area contributed by atoms with Gasteiger partial charge in [-0.15, -0.1) is 0 Å². The molecule has 0 aliphatic carbocycles. The molecule has 6 rings (SSSR count). The Kier molecular flexibility index (Phi) is 6.87. The molecule has 1 saturated heterocycles. The molecular formula is C30H32N8. The molecule has 0 spiro atoms. The average molecular weight is 505 g/mol. The lowest BCUT2D eigenvalue weighted by Gasteiger charge is -2.34. The molecule has 1 aliphatic rings. The van der Waals surface area contributed by atoms with Gasteiger partial charge in [-0.05, 0) is 36.4 Å². The number of aromatic amines is 1. The van der Waals surface area contributed by atoms with Crippen LogP contribution in [-0.4, -0.2) is 58.1 Å². The predicted octanol–water partition coefficient (Wildman–Crippen LogP) is 5.06. The number of nitrogens with zero attached hydrogens (tertiary/aromatic N) is 6. The summed E-state index contributed by atoms with van der Waals surface area (Å²) in [7, 11) is 2.17. The average Bonchev–Trinajstić information content (AvgIpc) is 3.43. The molecule has 3 aromatic carbocycles. The Labute approximate surface area is 223 Å². The molecular weight excluding hydrogens is 472 g/mol. The largest absolute Gasteiger partial charge is 0.369 e. The van der Waals surface area contributed by atoms with Crippen LogP contribution in [0.25, 0.3) is 11.2 Å². The highest BCUT2D eigenvalue weighted by Gasteiger charge is 2.19. The highest BCUT2D eigenvalue weighted by Crippen LogP contribution is 2.28. The molecule has 3 heterocycles. The summed E-state index contributed by atoms with van der Waals surface area (Å²) >= 11 is 0. The number of rotatable bonds is 8. The zero-order valence-electron chi connectivity index (χ0n) is 21.6. The van der Waals surface area contributed by atoms with Gasteiger partial charge in [-0.2, -0.15) is 9.97 Å². The van der Waals surface area contributed by atoms with Gasteiger partial charge in [-0.25, -0.2) is 4.98 Å². The Hall–Kier alpha value is -4.43. The van der Waals surface area contributed by atoms with Crippen molar-refractivity contribution in [2.24, 2.45) is 0 Å². The monoisotopic (exact) mass is 504 g/mol. The van der Waals surface area contributed by atoms with E-state index in [2.05, 4.69) is 110 Å². The summed E-state index contributed by atoms with van der Waals surface area (Å²) in [4.78, 5) is 24.6. The third-order valence-electron chi connectivity index (χ3n) is 6.97. The standard InChI is InChI=1S/C30H32N8/c1-36-15-17-37(18-16-36)26-14-8-13-25(19-26)33-30-34-28-27(31-22-32-28)29(35-30)38(20-23-9-4-2-5-10-23)21-24-11-6-3-7-12-24/h2-14,19,22H,15-18,20-21H2,1H3,(H2,31,32,33,34,35). The van der Waals surface area contributed by atoms with Crippen molar-refractivity contribution in [3.63, 3.8) is 0 Å². The van der Waals surface area contributed by atoms with E-state index in [1.54, 1.807) is 6.33 Å². The summed E-state index contributed by atoms with van der Waals surface area (Å²) in [5.41, 5.74) is 6.06. The van der Waals surface area contributed by atoms with Crippen molar-refractivity contribution in [3.05, 3.63) is 102 Å². The lowest BCUT2D eigenvalue weighted by atomic mass is 10.1. The van der Waals surface area contributed by atoms with Crippen molar-refractivity contribution in [2.75, 3.05) is 48.3 Å². The number of benzene rings is 3. The Morgan fingerprint density at radius 2 is 1.50 bits per heavy atom. The third-order valence-corrected chi connectivity index (χ3v) is 6.97. The number of imidazole rings is 1. The van der Waals surface area contributed by atoms with Gasteiger partial charge >= 0.3 is 0 Å². The number of hydrogen-bond donors (Lipinski definition) is 2. The first-order valence-electron chi connectivity index (χ1n) is 13.1. The Balaban J connectivity index is 1.33. The lowest BCUT2D eigenvalue weighted by molar-refractivity contribution is 0.313. The molecule has 8 heteroatoms. The predicted molar refractivity (Wildman–Crippen MR) is 154 cm³/mol. The van der Waals surface area contributed by atoms with E-state index in [0.29, 0.717) is 24.7 Å². The smallest absolute Gasteiger partial charge is 0.231 e. The molecule has 0 amide bonds. The number of piperazine rings is 1. The first-order chi connectivity index (χ1) is 18.7. The first kappa shape index (κ1) is 23.9. The van der Waals surface area contributed by atoms with E-state index in [0.717, 1.165) is 43.2 Å². The fourth-order valence-electron chi connectivity index (χ4n) is 4.89. The van der Waals surface area contributed by atoms with E-state index in [1.165, 1.54) is 16.8 Å². The fourth-order valence-corrected chi connectivity index (χ4v) is 4.89. The second-order valence-electron chi connectivity index (χ2n) is 9.76. The summed E-state index contributed by atoms with van der Waals surface area (Å²) in [5, 5.41) is 3.46. The van der Waals surface area contributed by atoms with Crippen molar-refractivity contribution in [2.45, 2.75) is 13.1 Å². The van der Waals surface area contributed by atoms with E-state index < -0.39 is 0 Å². The quantitative estimate of drug-likeness (QED) is 0.306.